The number of halogens is 2. The maximum absolute atomic E-state index is 13.0. The first-order chi connectivity index (χ1) is 12.0. The molecule has 25 heavy (non-hydrogen) atoms. The number of carbonyl (C=O) groups is 2. The van der Waals surface area contributed by atoms with Crippen LogP contribution in [0.2, 0.25) is 5.02 Å². The van der Waals surface area contributed by atoms with Gasteiger partial charge in [0.05, 0.1) is 10.7 Å². The van der Waals surface area contributed by atoms with E-state index in [0.717, 1.165) is 0 Å². The molecule has 130 valence electrons. The van der Waals surface area contributed by atoms with E-state index in [0.29, 0.717) is 35.9 Å². The number of hydrogen-bond donors (Lipinski definition) is 2. The lowest BCUT2D eigenvalue weighted by Crippen LogP contribution is -2.34. The van der Waals surface area contributed by atoms with E-state index in [9.17, 15) is 14.0 Å². The second-order valence-electron chi connectivity index (χ2n) is 5.87. The average Bonchev–Trinajstić information content (AvgIpc) is 2.97. The molecule has 0 spiro atoms. The summed E-state index contributed by atoms with van der Waals surface area (Å²) in [5, 5.41) is 5.88. The molecule has 2 aromatic carbocycles. The third-order valence-corrected chi connectivity index (χ3v) is 4.35. The Labute approximate surface area is 149 Å². The number of urea groups is 1. The molecular formula is C18H17ClFN3O2. The zero-order valence-electron chi connectivity index (χ0n) is 13.3. The molecule has 0 saturated carbocycles. The number of carbonyl (C=O) groups excluding carboxylic acids is 2. The van der Waals surface area contributed by atoms with Gasteiger partial charge in [0, 0.05) is 31.1 Å². The van der Waals surface area contributed by atoms with Crippen molar-refractivity contribution in [2.75, 3.05) is 23.3 Å². The molecule has 7 heteroatoms. The van der Waals surface area contributed by atoms with Gasteiger partial charge in [0.15, 0.2) is 0 Å². The van der Waals surface area contributed by atoms with Crippen molar-refractivity contribution in [1.82, 2.24) is 5.32 Å². The van der Waals surface area contributed by atoms with E-state index in [2.05, 4.69) is 10.6 Å². The van der Waals surface area contributed by atoms with E-state index in [1.807, 2.05) is 0 Å². The molecule has 0 radical (unpaired) electrons. The number of amides is 3. The highest BCUT2D eigenvalue weighted by atomic mass is 35.5. The van der Waals surface area contributed by atoms with Gasteiger partial charge in [-0.15, -0.1) is 0 Å². The minimum atomic E-state index is -0.374. The van der Waals surface area contributed by atoms with Gasteiger partial charge in [-0.2, -0.15) is 0 Å². The Morgan fingerprint density at radius 3 is 2.64 bits per heavy atom. The van der Waals surface area contributed by atoms with E-state index in [4.69, 9.17) is 11.6 Å². The molecule has 1 saturated heterocycles. The van der Waals surface area contributed by atoms with Crippen LogP contribution in [0.5, 0.6) is 0 Å². The summed E-state index contributed by atoms with van der Waals surface area (Å²) in [4.78, 5) is 25.7. The lowest BCUT2D eigenvalue weighted by molar-refractivity contribution is -0.117. The molecule has 3 rings (SSSR count). The van der Waals surface area contributed by atoms with Crippen molar-refractivity contribution in [3.05, 3.63) is 59.4 Å². The van der Waals surface area contributed by atoms with Crippen LogP contribution in [0.4, 0.5) is 20.6 Å². The molecule has 0 bridgehead atoms. The topological polar surface area (TPSA) is 61.4 Å². The number of para-hydroxylation sites is 1. The quantitative estimate of drug-likeness (QED) is 0.873. The van der Waals surface area contributed by atoms with Crippen molar-refractivity contribution in [2.45, 2.75) is 6.42 Å². The molecule has 5 nitrogen and oxygen atoms in total. The fourth-order valence-electron chi connectivity index (χ4n) is 2.75. The van der Waals surface area contributed by atoms with Crippen LogP contribution in [0, 0.1) is 11.7 Å². The van der Waals surface area contributed by atoms with Gasteiger partial charge >= 0.3 is 6.03 Å². The minimum Gasteiger partial charge on any atom is -0.338 e. The Kier molecular flexibility index (Phi) is 5.19. The van der Waals surface area contributed by atoms with E-state index in [1.54, 1.807) is 41.3 Å². The second-order valence-corrected chi connectivity index (χ2v) is 6.27. The van der Waals surface area contributed by atoms with E-state index in [-0.39, 0.29) is 23.7 Å². The van der Waals surface area contributed by atoms with Crippen LogP contribution in [-0.2, 0) is 4.79 Å². The van der Waals surface area contributed by atoms with Crippen LogP contribution in [0.15, 0.2) is 48.5 Å². The van der Waals surface area contributed by atoms with Crippen LogP contribution in [0.25, 0.3) is 0 Å². The highest BCUT2D eigenvalue weighted by Gasteiger charge is 2.30. The van der Waals surface area contributed by atoms with E-state index in [1.165, 1.54) is 12.1 Å². The number of anilines is 2. The minimum absolute atomic E-state index is 0.00505. The lowest BCUT2D eigenvalue weighted by Gasteiger charge is -2.17. The highest BCUT2D eigenvalue weighted by Crippen LogP contribution is 2.25. The van der Waals surface area contributed by atoms with Gasteiger partial charge in [0.2, 0.25) is 5.91 Å². The molecule has 2 N–H and O–H groups in total. The lowest BCUT2D eigenvalue weighted by atomic mass is 10.1. The molecule has 3 amide bonds. The summed E-state index contributed by atoms with van der Waals surface area (Å²) in [6, 6.07) is 12.4. The zero-order valence-corrected chi connectivity index (χ0v) is 14.1. The Bertz CT molecular complexity index is 782. The fourth-order valence-corrected chi connectivity index (χ4v) is 2.94. The van der Waals surface area contributed by atoms with Gasteiger partial charge < -0.3 is 15.5 Å². The number of rotatable bonds is 4. The Morgan fingerprint density at radius 2 is 1.92 bits per heavy atom. The first-order valence-electron chi connectivity index (χ1n) is 7.88. The van der Waals surface area contributed by atoms with Crippen molar-refractivity contribution in [3.63, 3.8) is 0 Å². The van der Waals surface area contributed by atoms with E-state index >= 15 is 0 Å². The molecule has 1 heterocycles. The Morgan fingerprint density at radius 1 is 1.20 bits per heavy atom. The molecule has 1 atom stereocenters. The number of benzene rings is 2. The van der Waals surface area contributed by atoms with Gasteiger partial charge in [-0.3, -0.25) is 4.79 Å². The third-order valence-electron chi connectivity index (χ3n) is 4.02. The normalized spacial score (nSPS) is 16.8. The predicted octanol–water partition coefficient (Wildman–Crippen LogP) is 3.65. The van der Waals surface area contributed by atoms with Crippen molar-refractivity contribution >= 4 is 34.9 Å². The maximum Gasteiger partial charge on any atom is 0.319 e. The van der Waals surface area contributed by atoms with Crippen LogP contribution >= 0.6 is 11.6 Å². The van der Waals surface area contributed by atoms with Gasteiger partial charge in [0.25, 0.3) is 0 Å². The Hall–Kier alpha value is -2.60. The molecule has 1 fully saturated rings. The summed E-state index contributed by atoms with van der Waals surface area (Å²) in [5.74, 6) is -0.385. The SMILES string of the molecule is O=C(NCC1CC(=O)N(c2ccc(F)cc2)C1)Nc1ccccc1Cl. The number of nitrogens with one attached hydrogen (secondary N) is 2. The molecule has 0 aromatic heterocycles. The Balaban J connectivity index is 1.52. The molecule has 0 aliphatic carbocycles. The third kappa shape index (κ3) is 4.28. The maximum atomic E-state index is 13.0. The molecule has 1 aliphatic rings. The highest BCUT2D eigenvalue weighted by molar-refractivity contribution is 6.33. The first-order valence-corrected chi connectivity index (χ1v) is 8.26. The van der Waals surface area contributed by atoms with Gasteiger partial charge in [-0.05, 0) is 36.4 Å². The summed E-state index contributed by atoms with van der Waals surface area (Å²) >= 11 is 5.99. The fraction of sp³-hybridized carbons (Fsp3) is 0.222. The van der Waals surface area contributed by atoms with Gasteiger partial charge in [0.1, 0.15) is 5.82 Å². The second kappa shape index (κ2) is 7.53. The van der Waals surface area contributed by atoms with Crippen LogP contribution in [-0.4, -0.2) is 25.0 Å². The monoisotopic (exact) mass is 361 g/mol. The molecule has 1 unspecified atom stereocenters. The average molecular weight is 362 g/mol. The predicted molar refractivity (Wildman–Crippen MR) is 95.3 cm³/mol. The van der Waals surface area contributed by atoms with Crippen molar-refractivity contribution in [1.29, 1.82) is 0 Å². The number of hydrogen-bond acceptors (Lipinski definition) is 2. The smallest absolute Gasteiger partial charge is 0.319 e. The zero-order chi connectivity index (χ0) is 17.8. The summed E-state index contributed by atoms with van der Waals surface area (Å²) in [7, 11) is 0. The summed E-state index contributed by atoms with van der Waals surface area (Å²) in [6.07, 6.45) is 0.337. The van der Waals surface area contributed by atoms with Crippen LogP contribution < -0.4 is 15.5 Å². The van der Waals surface area contributed by atoms with Crippen molar-refractivity contribution in [3.8, 4) is 0 Å². The van der Waals surface area contributed by atoms with Crippen molar-refractivity contribution < 1.29 is 14.0 Å². The molecule has 2 aromatic rings. The van der Waals surface area contributed by atoms with Gasteiger partial charge in [-0.25, -0.2) is 9.18 Å². The molecular weight excluding hydrogens is 345 g/mol. The van der Waals surface area contributed by atoms with Crippen LogP contribution in [0.1, 0.15) is 6.42 Å². The largest absolute Gasteiger partial charge is 0.338 e. The van der Waals surface area contributed by atoms with Crippen LogP contribution in [0.3, 0.4) is 0 Å². The summed E-state index contributed by atoms with van der Waals surface area (Å²) in [5.41, 5.74) is 1.19. The van der Waals surface area contributed by atoms with E-state index < -0.39 is 0 Å². The summed E-state index contributed by atoms with van der Waals surface area (Å²) < 4.78 is 13.0. The van der Waals surface area contributed by atoms with Crippen molar-refractivity contribution in [2.24, 2.45) is 5.92 Å². The van der Waals surface area contributed by atoms with Gasteiger partial charge in [-0.1, -0.05) is 23.7 Å². The first kappa shape index (κ1) is 17.2. The number of nitrogens with zero attached hydrogens (tertiary/aromatic N) is 1. The summed E-state index contributed by atoms with van der Waals surface area (Å²) in [6.45, 7) is 0.844. The standard InChI is InChI=1S/C18H17ClFN3O2/c19-15-3-1-2-4-16(15)22-18(25)21-10-12-9-17(24)23(11-12)14-7-5-13(20)6-8-14/h1-8,12H,9-11H2,(H2,21,22,25). The molecule has 1 aliphatic heterocycles.